The molecule has 112 valence electrons. The van der Waals surface area contributed by atoms with Gasteiger partial charge in [-0.25, -0.2) is 0 Å². The van der Waals surface area contributed by atoms with E-state index in [1.165, 1.54) is 19.2 Å². The average Bonchev–Trinajstić information content (AvgIpc) is 2.45. The van der Waals surface area contributed by atoms with E-state index in [-0.39, 0.29) is 6.61 Å². The minimum Gasteiger partial charge on any atom is -0.493 e. The molecule has 2 N–H and O–H groups in total. The van der Waals surface area contributed by atoms with Crippen LogP contribution in [0.4, 0.5) is 18.9 Å². The molecular weight excluding hydrogens is 283 g/mol. The molecule has 0 spiro atoms. The molecule has 2 aromatic carbocycles. The number of ether oxygens (including phenoxy) is 2. The summed E-state index contributed by atoms with van der Waals surface area (Å²) in [6.45, 7) is 0.123. The minimum atomic E-state index is -4.34. The van der Waals surface area contributed by atoms with Gasteiger partial charge < -0.3 is 15.2 Å². The Bertz CT molecular complexity index is 609. The first-order valence-electron chi connectivity index (χ1n) is 6.12. The molecule has 0 aliphatic carbocycles. The van der Waals surface area contributed by atoms with Crippen LogP contribution in [0.2, 0.25) is 0 Å². The molecule has 0 saturated heterocycles. The van der Waals surface area contributed by atoms with Crippen LogP contribution in [-0.2, 0) is 12.8 Å². The number of anilines is 1. The van der Waals surface area contributed by atoms with E-state index in [1.54, 1.807) is 18.2 Å². The molecule has 0 aromatic heterocycles. The average molecular weight is 297 g/mol. The first-order chi connectivity index (χ1) is 9.90. The smallest absolute Gasteiger partial charge is 0.416 e. The Hall–Kier alpha value is -2.37. The first kappa shape index (κ1) is 15.0. The van der Waals surface area contributed by atoms with Gasteiger partial charge in [0.05, 0.1) is 12.7 Å². The molecule has 0 saturated carbocycles. The second kappa shape index (κ2) is 5.95. The van der Waals surface area contributed by atoms with Crippen molar-refractivity contribution < 1.29 is 22.6 Å². The molecule has 2 rings (SSSR count). The van der Waals surface area contributed by atoms with E-state index in [0.717, 1.165) is 12.1 Å². The lowest BCUT2D eigenvalue weighted by Gasteiger charge is -2.12. The summed E-state index contributed by atoms with van der Waals surface area (Å²) in [4.78, 5) is 0. The second-order valence-electron chi connectivity index (χ2n) is 4.39. The molecule has 0 aliphatic rings. The quantitative estimate of drug-likeness (QED) is 0.871. The van der Waals surface area contributed by atoms with Crippen LogP contribution in [-0.4, -0.2) is 7.11 Å². The topological polar surface area (TPSA) is 44.5 Å². The van der Waals surface area contributed by atoms with Gasteiger partial charge >= 0.3 is 6.18 Å². The lowest BCUT2D eigenvalue weighted by molar-refractivity contribution is -0.137. The van der Waals surface area contributed by atoms with E-state index >= 15 is 0 Å². The minimum absolute atomic E-state index is 0.123. The molecule has 21 heavy (non-hydrogen) atoms. The molecule has 6 heteroatoms. The molecule has 0 aliphatic heterocycles. The zero-order chi connectivity index (χ0) is 15.5. The second-order valence-corrected chi connectivity index (χ2v) is 4.39. The highest BCUT2D eigenvalue weighted by Crippen LogP contribution is 2.31. The van der Waals surface area contributed by atoms with Gasteiger partial charge in [-0.1, -0.05) is 12.1 Å². The maximum Gasteiger partial charge on any atom is 0.416 e. The van der Waals surface area contributed by atoms with Gasteiger partial charge in [0.2, 0.25) is 0 Å². The van der Waals surface area contributed by atoms with E-state index in [1.807, 2.05) is 0 Å². The number of methoxy groups -OCH3 is 1. The third-order valence-electron chi connectivity index (χ3n) is 2.86. The van der Waals surface area contributed by atoms with E-state index < -0.39 is 11.7 Å². The maximum absolute atomic E-state index is 12.5. The summed E-state index contributed by atoms with van der Waals surface area (Å²) in [5, 5.41) is 0. The van der Waals surface area contributed by atoms with Crippen molar-refractivity contribution in [3.05, 3.63) is 53.6 Å². The lowest BCUT2D eigenvalue weighted by atomic mass is 10.1. The van der Waals surface area contributed by atoms with Crippen molar-refractivity contribution in [3.8, 4) is 11.5 Å². The lowest BCUT2D eigenvalue weighted by Crippen LogP contribution is -2.05. The normalized spacial score (nSPS) is 11.2. The summed E-state index contributed by atoms with van der Waals surface area (Å²) in [7, 11) is 1.50. The third kappa shape index (κ3) is 3.81. The number of alkyl halides is 3. The number of hydrogen-bond donors (Lipinski definition) is 1. The molecule has 0 bridgehead atoms. The monoisotopic (exact) mass is 297 g/mol. The van der Waals surface area contributed by atoms with E-state index in [4.69, 9.17) is 15.2 Å². The Balaban J connectivity index is 2.08. The summed E-state index contributed by atoms with van der Waals surface area (Å²) >= 11 is 0. The molecule has 0 heterocycles. The van der Waals surface area contributed by atoms with Crippen LogP contribution in [0.25, 0.3) is 0 Å². The molecule has 0 fully saturated rings. The zero-order valence-corrected chi connectivity index (χ0v) is 11.3. The zero-order valence-electron chi connectivity index (χ0n) is 11.3. The molecule has 0 radical (unpaired) electrons. The molecule has 0 unspecified atom stereocenters. The number of benzene rings is 2. The van der Waals surface area contributed by atoms with Crippen LogP contribution in [0.15, 0.2) is 42.5 Å². The van der Waals surface area contributed by atoms with Crippen molar-refractivity contribution in [1.29, 1.82) is 0 Å². The Morgan fingerprint density at radius 1 is 1.00 bits per heavy atom. The highest BCUT2D eigenvalue weighted by molar-refractivity contribution is 5.52. The van der Waals surface area contributed by atoms with Crippen LogP contribution in [0.5, 0.6) is 11.5 Å². The van der Waals surface area contributed by atoms with Crippen molar-refractivity contribution in [2.75, 3.05) is 12.8 Å². The summed E-state index contributed by atoms with van der Waals surface area (Å²) in [5.74, 6) is 0.952. The number of rotatable bonds is 4. The molecule has 3 nitrogen and oxygen atoms in total. The summed E-state index contributed by atoms with van der Waals surface area (Å²) in [5.41, 5.74) is 6.10. The van der Waals surface area contributed by atoms with E-state index in [2.05, 4.69) is 0 Å². The Morgan fingerprint density at radius 2 is 1.67 bits per heavy atom. The van der Waals surface area contributed by atoms with Crippen molar-refractivity contribution in [1.82, 2.24) is 0 Å². The van der Waals surface area contributed by atoms with Crippen LogP contribution >= 0.6 is 0 Å². The van der Waals surface area contributed by atoms with Crippen molar-refractivity contribution in [2.24, 2.45) is 0 Å². The summed E-state index contributed by atoms with van der Waals surface area (Å²) in [6, 6.07) is 9.73. The largest absolute Gasteiger partial charge is 0.493 e. The predicted octanol–water partition coefficient (Wildman–Crippen LogP) is 3.88. The van der Waals surface area contributed by atoms with E-state index in [0.29, 0.717) is 22.7 Å². The standard InChI is InChI=1S/C15H14F3NO2/c1-20-13-7-6-12(19)8-14(13)21-9-10-2-4-11(5-3-10)15(16,17)18/h2-8H,9,19H2,1H3. The van der Waals surface area contributed by atoms with Crippen molar-refractivity contribution in [3.63, 3.8) is 0 Å². The first-order valence-corrected chi connectivity index (χ1v) is 6.12. The van der Waals surface area contributed by atoms with Gasteiger partial charge in [0.15, 0.2) is 11.5 Å². The van der Waals surface area contributed by atoms with Crippen LogP contribution in [0.1, 0.15) is 11.1 Å². The van der Waals surface area contributed by atoms with Gasteiger partial charge in [-0.2, -0.15) is 13.2 Å². The van der Waals surface area contributed by atoms with Gasteiger partial charge in [-0.3, -0.25) is 0 Å². The van der Waals surface area contributed by atoms with Crippen molar-refractivity contribution in [2.45, 2.75) is 12.8 Å². The van der Waals surface area contributed by atoms with E-state index in [9.17, 15) is 13.2 Å². The number of halogens is 3. The summed E-state index contributed by atoms with van der Waals surface area (Å²) in [6.07, 6.45) is -4.34. The fourth-order valence-corrected chi connectivity index (χ4v) is 1.76. The molecule has 0 amide bonds. The third-order valence-corrected chi connectivity index (χ3v) is 2.86. The van der Waals surface area contributed by atoms with Crippen LogP contribution in [0, 0.1) is 0 Å². The Labute approximate surface area is 120 Å². The summed E-state index contributed by atoms with van der Waals surface area (Å²) < 4.78 is 48.0. The SMILES string of the molecule is COc1ccc(N)cc1OCc1ccc(C(F)(F)F)cc1. The van der Waals surface area contributed by atoms with Gasteiger partial charge in [0.25, 0.3) is 0 Å². The molecule has 0 atom stereocenters. The predicted molar refractivity (Wildman–Crippen MR) is 73.2 cm³/mol. The highest BCUT2D eigenvalue weighted by atomic mass is 19.4. The van der Waals surface area contributed by atoms with Gasteiger partial charge in [-0.15, -0.1) is 0 Å². The van der Waals surface area contributed by atoms with Gasteiger partial charge in [0, 0.05) is 11.8 Å². The Kier molecular flexibility index (Phi) is 4.26. The van der Waals surface area contributed by atoms with Crippen LogP contribution in [0.3, 0.4) is 0 Å². The highest BCUT2D eigenvalue weighted by Gasteiger charge is 2.29. The number of nitrogens with two attached hydrogens (primary N) is 1. The fraction of sp³-hybridized carbons (Fsp3) is 0.200. The van der Waals surface area contributed by atoms with Crippen LogP contribution < -0.4 is 15.2 Å². The molecular formula is C15H14F3NO2. The molecule has 2 aromatic rings. The van der Waals surface area contributed by atoms with Gasteiger partial charge in [-0.05, 0) is 29.8 Å². The Morgan fingerprint density at radius 3 is 2.24 bits per heavy atom. The number of nitrogen functional groups attached to an aromatic ring is 1. The van der Waals surface area contributed by atoms with Gasteiger partial charge in [0.1, 0.15) is 6.61 Å². The fourth-order valence-electron chi connectivity index (χ4n) is 1.76. The maximum atomic E-state index is 12.5. The number of hydrogen-bond acceptors (Lipinski definition) is 3. The van der Waals surface area contributed by atoms with Crippen molar-refractivity contribution >= 4 is 5.69 Å².